The lowest BCUT2D eigenvalue weighted by Gasteiger charge is -2.29. The normalized spacial score (nSPS) is 20.4. The molecule has 0 heterocycles. The van der Waals surface area contributed by atoms with Crippen molar-refractivity contribution in [1.29, 1.82) is 0 Å². The van der Waals surface area contributed by atoms with Gasteiger partial charge in [-0.1, -0.05) is 29.4 Å². The lowest BCUT2D eigenvalue weighted by Crippen LogP contribution is -2.41. The van der Waals surface area contributed by atoms with E-state index < -0.39 is 52.1 Å². The largest absolute Gasteiger partial charge is 0.459 e. The third-order valence-electron chi connectivity index (χ3n) is 5.00. The fraction of sp³-hybridized carbons (Fsp3) is 0.556. The SMILES string of the molecule is [B]Cc1c([B])cc([B])cc1C(=O)OC1CCC(C(=O)OC(CS(=O)(=O)O)C(F)(F)F)CC1. The van der Waals surface area contributed by atoms with Crippen LogP contribution in [0.15, 0.2) is 12.1 Å². The van der Waals surface area contributed by atoms with Crippen molar-refractivity contribution in [3.05, 3.63) is 23.3 Å². The summed E-state index contributed by atoms with van der Waals surface area (Å²) in [6.07, 6.45) is -8.36. The number of rotatable bonds is 7. The second kappa shape index (κ2) is 10.3. The lowest BCUT2D eigenvalue weighted by atomic mass is 9.77. The number of esters is 2. The Labute approximate surface area is 187 Å². The number of ether oxygens (including phenoxy) is 2. The van der Waals surface area contributed by atoms with Gasteiger partial charge in [0.05, 0.1) is 19.3 Å². The second-order valence-corrected chi connectivity index (χ2v) is 8.93. The van der Waals surface area contributed by atoms with E-state index in [9.17, 15) is 31.2 Å². The van der Waals surface area contributed by atoms with E-state index in [0.29, 0.717) is 5.56 Å². The first-order chi connectivity index (χ1) is 14.7. The molecule has 1 atom stereocenters. The Bertz CT molecular complexity index is 961. The molecule has 1 saturated carbocycles. The Balaban J connectivity index is 1.97. The predicted molar refractivity (Wildman–Crippen MR) is 110 cm³/mol. The third kappa shape index (κ3) is 7.30. The first kappa shape index (κ1) is 26.3. The van der Waals surface area contributed by atoms with Gasteiger partial charge in [-0.2, -0.15) is 21.6 Å². The van der Waals surface area contributed by atoms with E-state index in [0.717, 1.165) is 0 Å². The summed E-state index contributed by atoms with van der Waals surface area (Å²) in [6.45, 7) is 0. The molecule has 0 amide bonds. The maximum atomic E-state index is 12.9. The summed E-state index contributed by atoms with van der Waals surface area (Å²) in [5, 5.41) is 0. The number of carbonyl (C=O) groups is 2. The first-order valence-corrected chi connectivity index (χ1v) is 11.1. The molecule has 32 heavy (non-hydrogen) atoms. The number of halogens is 3. The summed E-state index contributed by atoms with van der Waals surface area (Å²) in [5.41, 5.74) is 0.931. The van der Waals surface area contributed by atoms with E-state index >= 15 is 0 Å². The molecule has 1 aliphatic rings. The minimum Gasteiger partial charge on any atom is -0.459 e. The van der Waals surface area contributed by atoms with Crippen LogP contribution in [0.2, 0.25) is 0 Å². The van der Waals surface area contributed by atoms with Gasteiger partial charge < -0.3 is 9.47 Å². The fourth-order valence-corrected chi connectivity index (χ4v) is 4.02. The molecule has 0 bridgehead atoms. The molecule has 1 N–H and O–H groups in total. The van der Waals surface area contributed by atoms with Crippen LogP contribution in [0, 0.1) is 5.92 Å². The molecule has 1 unspecified atom stereocenters. The van der Waals surface area contributed by atoms with Crippen LogP contribution >= 0.6 is 0 Å². The van der Waals surface area contributed by atoms with E-state index in [1.54, 1.807) is 0 Å². The minimum absolute atomic E-state index is 0.0287. The number of alkyl halides is 3. The molecule has 0 saturated heterocycles. The van der Waals surface area contributed by atoms with E-state index in [4.69, 9.17) is 32.8 Å². The van der Waals surface area contributed by atoms with E-state index in [1.807, 2.05) is 0 Å². The van der Waals surface area contributed by atoms with Crippen molar-refractivity contribution < 1.29 is 45.2 Å². The lowest BCUT2D eigenvalue weighted by molar-refractivity contribution is -0.218. The van der Waals surface area contributed by atoms with Crippen LogP contribution in [0.25, 0.3) is 0 Å². The van der Waals surface area contributed by atoms with Crippen molar-refractivity contribution >= 4 is 56.5 Å². The van der Waals surface area contributed by atoms with E-state index in [2.05, 4.69) is 4.74 Å². The van der Waals surface area contributed by atoms with Crippen LogP contribution in [0.5, 0.6) is 0 Å². The molecule has 2 rings (SSSR count). The Kier molecular flexibility index (Phi) is 8.49. The molecule has 1 aromatic carbocycles. The van der Waals surface area contributed by atoms with Crippen LogP contribution in [0.4, 0.5) is 13.2 Å². The summed E-state index contributed by atoms with van der Waals surface area (Å²) in [4.78, 5) is 24.6. The molecule has 0 spiro atoms. The van der Waals surface area contributed by atoms with Crippen molar-refractivity contribution in [2.24, 2.45) is 5.92 Å². The van der Waals surface area contributed by atoms with E-state index in [-0.39, 0.29) is 48.5 Å². The molecule has 0 aromatic heterocycles. The Morgan fingerprint density at radius 2 is 1.75 bits per heavy atom. The zero-order valence-electron chi connectivity index (χ0n) is 16.8. The molecule has 6 radical (unpaired) electrons. The quantitative estimate of drug-likeness (QED) is 0.342. The highest BCUT2D eigenvalue weighted by Crippen LogP contribution is 2.31. The maximum absolute atomic E-state index is 12.9. The smallest absolute Gasteiger partial charge is 0.426 e. The van der Waals surface area contributed by atoms with Gasteiger partial charge in [0, 0.05) is 0 Å². The zero-order valence-corrected chi connectivity index (χ0v) is 17.6. The van der Waals surface area contributed by atoms with Gasteiger partial charge in [-0.3, -0.25) is 9.35 Å². The molecule has 7 nitrogen and oxygen atoms in total. The van der Waals surface area contributed by atoms with Crippen molar-refractivity contribution in [1.82, 2.24) is 0 Å². The van der Waals surface area contributed by atoms with Crippen molar-refractivity contribution in [3.63, 3.8) is 0 Å². The van der Waals surface area contributed by atoms with Gasteiger partial charge in [0.25, 0.3) is 10.1 Å². The second-order valence-electron chi connectivity index (χ2n) is 7.44. The average Bonchev–Trinajstić information content (AvgIpc) is 2.65. The van der Waals surface area contributed by atoms with Gasteiger partial charge in [-0.05, 0) is 31.2 Å². The topological polar surface area (TPSA) is 107 Å². The summed E-state index contributed by atoms with van der Waals surface area (Å²) in [5.74, 6) is -4.70. The van der Waals surface area contributed by atoms with Gasteiger partial charge in [0.1, 0.15) is 27.5 Å². The molecule has 1 aromatic rings. The number of benzene rings is 1. The Morgan fingerprint density at radius 3 is 2.25 bits per heavy atom. The van der Waals surface area contributed by atoms with Crippen LogP contribution in [0.1, 0.15) is 41.6 Å². The summed E-state index contributed by atoms with van der Waals surface area (Å²) < 4.78 is 78.8. The minimum atomic E-state index is -5.17. The Morgan fingerprint density at radius 1 is 1.16 bits per heavy atom. The molecular formula is C18H18B3F3O7S. The fourth-order valence-electron chi connectivity index (χ4n) is 3.38. The molecule has 14 heteroatoms. The summed E-state index contributed by atoms with van der Waals surface area (Å²) in [6, 6.07) is 2.82. The number of hydrogen-bond donors (Lipinski definition) is 1. The van der Waals surface area contributed by atoms with Gasteiger partial charge >= 0.3 is 18.1 Å². The zero-order chi connectivity index (χ0) is 24.3. The molecule has 1 aliphatic carbocycles. The first-order valence-electron chi connectivity index (χ1n) is 9.52. The monoisotopic (exact) mass is 468 g/mol. The van der Waals surface area contributed by atoms with Gasteiger partial charge in [-0.15, -0.1) is 0 Å². The molecular weight excluding hydrogens is 450 g/mol. The van der Waals surface area contributed by atoms with Crippen molar-refractivity contribution in [2.45, 2.75) is 50.4 Å². The number of carbonyl (C=O) groups excluding carboxylic acids is 2. The van der Waals surface area contributed by atoms with Crippen LogP contribution < -0.4 is 10.9 Å². The van der Waals surface area contributed by atoms with Crippen molar-refractivity contribution in [3.8, 4) is 0 Å². The Hall–Kier alpha value is -1.95. The van der Waals surface area contributed by atoms with Crippen LogP contribution in [-0.4, -0.2) is 72.6 Å². The maximum Gasteiger partial charge on any atom is 0.426 e. The average molecular weight is 468 g/mol. The molecule has 1 fully saturated rings. The number of hydrogen-bond acceptors (Lipinski definition) is 6. The summed E-state index contributed by atoms with van der Waals surface area (Å²) >= 11 is 0. The predicted octanol–water partition coefficient (Wildman–Crippen LogP) is 0.0202. The van der Waals surface area contributed by atoms with Crippen LogP contribution in [-0.2, 0) is 30.7 Å². The highest BCUT2D eigenvalue weighted by Gasteiger charge is 2.46. The van der Waals surface area contributed by atoms with Gasteiger partial charge in [0.15, 0.2) is 0 Å². The van der Waals surface area contributed by atoms with Gasteiger partial charge in [0.2, 0.25) is 6.10 Å². The standard InChI is InChI=1S/C18H18B3F3O7S/c19-7-13-12(5-10(20)6-14(13)21)17(26)30-11-3-1-9(2-4-11)16(25)31-15(18(22,23)24)8-32(27,28)29/h5-6,9,11,15H,1-4,7-8H2,(H,27,28,29). The third-order valence-corrected chi connectivity index (χ3v) is 5.72. The van der Waals surface area contributed by atoms with Crippen molar-refractivity contribution in [2.75, 3.05) is 5.75 Å². The highest BCUT2D eigenvalue weighted by atomic mass is 32.2. The van der Waals surface area contributed by atoms with Crippen LogP contribution in [0.3, 0.4) is 0 Å². The molecule has 168 valence electrons. The summed E-state index contributed by atoms with van der Waals surface area (Å²) in [7, 11) is 12.1. The molecule has 0 aliphatic heterocycles. The van der Waals surface area contributed by atoms with Gasteiger partial charge in [-0.25, -0.2) is 4.79 Å². The van der Waals surface area contributed by atoms with E-state index in [1.165, 1.54) is 12.1 Å². The highest BCUT2D eigenvalue weighted by molar-refractivity contribution is 7.85.